The number of benzene rings is 2. The lowest BCUT2D eigenvalue weighted by Crippen LogP contribution is -2.55. The molecule has 2 saturated heterocycles. The van der Waals surface area contributed by atoms with Gasteiger partial charge in [-0.2, -0.15) is 18.4 Å². The van der Waals surface area contributed by atoms with Crippen molar-refractivity contribution < 1.29 is 27.5 Å². The van der Waals surface area contributed by atoms with Crippen LogP contribution in [0.3, 0.4) is 0 Å². The molecule has 33 heavy (non-hydrogen) atoms. The Bertz CT molecular complexity index is 1100. The van der Waals surface area contributed by atoms with Crippen LogP contribution in [0.15, 0.2) is 42.5 Å². The zero-order valence-corrected chi connectivity index (χ0v) is 17.7. The van der Waals surface area contributed by atoms with Gasteiger partial charge < -0.3 is 15.3 Å². The summed E-state index contributed by atoms with van der Waals surface area (Å²) in [6.45, 7) is 2.60. The van der Waals surface area contributed by atoms with E-state index in [1.54, 1.807) is 12.1 Å². The van der Waals surface area contributed by atoms with Gasteiger partial charge in [-0.05, 0) is 55.8 Å². The Balaban J connectivity index is 1.40. The van der Waals surface area contributed by atoms with Crippen LogP contribution in [-0.4, -0.2) is 53.2 Å². The van der Waals surface area contributed by atoms with Crippen LogP contribution in [-0.2, 0) is 11.0 Å². The molecular formula is C23H22F4N4O2. The number of nitriles is 1. The van der Waals surface area contributed by atoms with Crippen molar-refractivity contribution in [3.05, 3.63) is 59.4 Å². The van der Waals surface area contributed by atoms with E-state index in [0.717, 1.165) is 18.2 Å². The summed E-state index contributed by atoms with van der Waals surface area (Å²) in [4.78, 5) is 16.8. The van der Waals surface area contributed by atoms with Gasteiger partial charge >= 0.3 is 6.18 Å². The van der Waals surface area contributed by atoms with E-state index in [1.165, 1.54) is 31.2 Å². The largest absolute Gasteiger partial charge is 0.417 e. The minimum absolute atomic E-state index is 0.0136. The molecular weight excluding hydrogens is 440 g/mol. The van der Waals surface area contributed by atoms with Crippen LogP contribution in [0, 0.1) is 17.1 Å². The van der Waals surface area contributed by atoms with Crippen LogP contribution in [0.2, 0.25) is 0 Å². The number of nitrogens with one attached hydrogen (secondary N) is 1. The number of alkyl halides is 3. The molecule has 3 atom stereocenters. The molecule has 2 aliphatic rings. The number of carbonyl (C=O) groups is 1. The first kappa shape index (κ1) is 23.0. The van der Waals surface area contributed by atoms with Gasteiger partial charge in [0.15, 0.2) is 5.60 Å². The average Bonchev–Trinajstić information content (AvgIpc) is 3.33. The monoisotopic (exact) mass is 462 g/mol. The molecule has 0 aliphatic carbocycles. The Morgan fingerprint density at radius 3 is 2.45 bits per heavy atom. The van der Waals surface area contributed by atoms with Gasteiger partial charge in [0.1, 0.15) is 5.82 Å². The number of piperazine rings is 1. The lowest BCUT2D eigenvalue weighted by molar-refractivity contribution is -0.138. The number of fused-ring (bicyclic) bond motifs is 2. The fraction of sp³-hybridized carbons (Fsp3) is 0.391. The Morgan fingerprint density at radius 1 is 1.18 bits per heavy atom. The van der Waals surface area contributed by atoms with Gasteiger partial charge in [-0.15, -0.1) is 0 Å². The molecule has 0 radical (unpaired) electrons. The number of likely N-dealkylation sites (tertiary alicyclic amines) is 1. The summed E-state index contributed by atoms with van der Waals surface area (Å²) in [6.07, 6.45) is -3.92. The third-order valence-electron chi connectivity index (χ3n) is 6.22. The average molecular weight is 462 g/mol. The second kappa shape index (κ2) is 8.32. The first-order valence-electron chi connectivity index (χ1n) is 10.4. The van der Waals surface area contributed by atoms with Crippen LogP contribution in [0.4, 0.5) is 28.9 Å². The molecule has 0 aromatic heterocycles. The quantitative estimate of drug-likeness (QED) is 0.667. The summed E-state index contributed by atoms with van der Waals surface area (Å²) in [5, 5.41) is 22.0. The van der Waals surface area contributed by atoms with Crippen molar-refractivity contribution in [2.75, 3.05) is 29.9 Å². The molecule has 0 spiro atoms. The number of β-amino-alcohol motifs (C(OH)–C–C–N with tert-alkyl or cyclic N) is 1. The Labute approximate surface area is 188 Å². The van der Waals surface area contributed by atoms with Crippen LogP contribution < -0.4 is 10.2 Å². The molecule has 2 fully saturated rings. The lowest BCUT2D eigenvalue weighted by Gasteiger charge is -2.38. The van der Waals surface area contributed by atoms with Gasteiger partial charge in [0.25, 0.3) is 5.91 Å². The summed E-state index contributed by atoms with van der Waals surface area (Å²) < 4.78 is 52.7. The van der Waals surface area contributed by atoms with Crippen molar-refractivity contribution in [3.8, 4) is 6.07 Å². The Hall–Kier alpha value is -3.16. The first-order valence-corrected chi connectivity index (χ1v) is 10.4. The molecule has 2 aliphatic heterocycles. The highest BCUT2D eigenvalue weighted by Crippen LogP contribution is 2.36. The minimum Gasteiger partial charge on any atom is -0.379 e. The summed E-state index contributed by atoms with van der Waals surface area (Å²) in [5.74, 6) is -1.14. The number of hydrogen-bond donors (Lipinski definition) is 2. The standard InChI is InChI=1S/C23H22F4N4O2/c1-22(33,21(32)29-16-5-2-14(10-28)20(8-16)23(25,26)27)13-30-11-19-9-18(30)12-31(19)17-6-3-15(24)4-7-17/h2-8,18-19,33H,9,11-13H2,1H3,(H,29,32)/t18-,19-,22?/m0/s1. The third kappa shape index (κ3) is 4.65. The predicted octanol–water partition coefficient (Wildman–Crippen LogP) is 3.37. The highest BCUT2D eigenvalue weighted by atomic mass is 19.4. The SMILES string of the molecule is CC(O)(CN1C[C@@H]2C[C@H]1CN2c1ccc(F)cc1)C(=O)Nc1ccc(C#N)c(C(F)(F)F)c1. The first-order chi connectivity index (χ1) is 15.5. The Morgan fingerprint density at radius 2 is 1.88 bits per heavy atom. The summed E-state index contributed by atoms with van der Waals surface area (Å²) >= 11 is 0. The molecule has 6 nitrogen and oxygen atoms in total. The van der Waals surface area contributed by atoms with E-state index in [0.29, 0.717) is 19.2 Å². The predicted molar refractivity (Wildman–Crippen MR) is 113 cm³/mol. The number of aliphatic hydroxyl groups is 1. The number of anilines is 2. The number of nitrogens with zero attached hydrogens (tertiary/aromatic N) is 3. The number of hydrogen-bond acceptors (Lipinski definition) is 5. The molecule has 2 bridgehead atoms. The number of rotatable bonds is 5. The number of carbonyl (C=O) groups excluding carboxylic acids is 1. The maximum absolute atomic E-state index is 13.2. The summed E-state index contributed by atoms with van der Waals surface area (Å²) in [7, 11) is 0. The van der Waals surface area contributed by atoms with E-state index in [-0.39, 0.29) is 30.1 Å². The smallest absolute Gasteiger partial charge is 0.379 e. The maximum atomic E-state index is 13.2. The molecule has 2 aromatic carbocycles. The van der Waals surface area contributed by atoms with E-state index in [4.69, 9.17) is 5.26 Å². The van der Waals surface area contributed by atoms with Crippen molar-refractivity contribution in [2.24, 2.45) is 0 Å². The molecule has 2 heterocycles. The van der Waals surface area contributed by atoms with Gasteiger partial charge in [-0.1, -0.05) is 0 Å². The highest BCUT2D eigenvalue weighted by molar-refractivity contribution is 5.97. The third-order valence-corrected chi connectivity index (χ3v) is 6.22. The van der Waals surface area contributed by atoms with E-state index in [9.17, 15) is 27.5 Å². The Kier molecular flexibility index (Phi) is 5.80. The van der Waals surface area contributed by atoms with Gasteiger partial charge in [0.2, 0.25) is 0 Å². The lowest BCUT2D eigenvalue weighted by atomic mass is 10.0. The zero-order valence-electron chi connectivity index (χ0n) is 17.7. The van der Waals surface area contributed by atoms with Gasteiger partial charge in [0.05, 0.1) is 17.2 Å². The van der Waals surface area contributed by atoms with E-state index >= 15 is 0 Å². The molecule has 1 unspecified atom stereocenters. The van der Waals surface area contributed by atoms with Gasteiger partial charge in [-0.25, -0.2) is 4.39 Å². The van der Waals surface area contributed by atoms with E-state index < -0.39 is 28.8 Å². The second-order valence-corrected chi connectivity index (χ2v) is 8.70. The molecule has 2 N–H and O–H groups in total. The fourth-order valence-corrected chi connectivity index (χ4v) is 4.58. The van der Waals surface area contributed by atoms with Crippen molar-refractivity contribution >= 4 is 17.3 Å². The van der Waals surface area contributed by atoms with Crippen LogP contribution in [0.25, 0.3) is 0 Å². The van der Waals surface area contributed by atoms with Crippen LogP contribution >= 0.6 is 0 Å². The normalized spacial score (nSPS) is 22.2. The molecule has 10 heteroatoms. The van der Waals surface area contributed by atoms with Crippen molar-refractivity contribution in [3.63, 3.8) is 0 Å². The van der Waals surface area contributed by atoms with Gasteiger partial charge in [-0.3, -0.25) is 9.69 Å². The molecule has 2 aromatic rings. The van der Waals surface area contributed by atoms with Crippen LogP contribution in [0.5, 0.6) is 0 Å². The van der Waals surface area contributed by atoms with Gasteiger partial charge in [0, 0.05) is 43.1 Å². The van der Waals surface area contributed by atoms with E-state index in [2.05, 4.69) is 10.2 Å². The second-order valence-electron chi connectivity index (χ2n) is 8.70. The van der Waals surface area contributed by atoms with Crippen molar-refractivity contribution in [2.45, 2.75) is 37.2 Å². The number of amides is 1. The summed E-state index contributed by atoms with van der Waals surface area (Å²) in [6, 6.07) is 10.8. The fourth-order valence-electron chi connectivity index (χ4n) is 4.58. The minimum atomic E-state index is -4.75. The molecule has 174 valence electrons. The summed E-state index contributed by atoms with van der Waals surface area (Å²) in [5.41, 5.74) is -2.80. The molecule has 4 rings (SSSR count). The van der Waals surface area contributed by atoms with Crippen LogP contribution in [0.1, 0.15) is 24.5 Å². The number of halogens is 4. The van der Waals surface area contributed by atoms with Crippen molar-refractivity contribution in [1.29, 1.82) is 5.26 Å². The van der Waals surface area contributed by atoms with Crippen molar-refractivity contribution in [1.82, 2.24) is 4.90 Å². The maximum Gasteiger partial charge on any atom is 0.417 e. The topological polar surface area (TPSA) is 79.6 Å². The highest BCUT2D eigenvalue weighted by Gasteiger charge is 2.46. The molecule has 0 saturated carbocycles. The zero-order chi connectivity index (χ0) is 24.0. The molecule has 1 amide bonds. The van der Waals surface area contributed by atoms with E-state index in [1.807, 2.05) is 4.90 Å².